The van der Waals surface area contributed by atoms with Gasteiger partial charge >= 0.3 is 39.5 Å². The van der Waals surface area contributed by atoms with Gasteiger partial charge in [0.05, 0.1) is 26.4 Å². The predicted octanol–water partition coefficient (Wildman–Crippen LogP) is 16.2. The second-order valence-corrected chi connectivity index (χ2v) is 25.1. The average Bonchev–Trinajstić information content (AvgIpc) is 3.41. The van der Waals surface area contributed by atoms with Crippen LogP contribution in [0, 0.1) is 5.92 Å². The van der Waals surface area contributed by atoms with Gasteiger partial charge in [0.1, 0.15) is 19.3 Å². The fraction of sp³-hybridized carbons (Fsp3) is 0.933. The highest BCUT2D eigenvalue weighted by Gasteiger charge is 2.30. The molecule has 3 N–H and O–H groups in total. The molecule has 0 aromatic heterocycles. The monoisotopic (exact) mass is 1170 g/mol. The van der Waals surface area contributed by atoms with Crippen LogP contribution >= 0.6 is 15.6 Å². The van der Waals surface area contributed by atoms with Crippen molar-refractivity contribution in [2.24, 2.45) is 5.92 Å². The molecule has 0 radical (unpaired) electrons. The van der Waals surface area contributed by atoms with E-state index < -0.39 is 97.5 Å². The number of esters is 4. The van der Waals surface area contributed by atoms with Gasteiger partial charge in [-0.3, -0.25) is 37.3 Å². The lowest BCUT2D eigenvalue weighted by molar-refractivity contribution is -0.161. The van der Waals surface area contributed by atoms with Gasteiger partial charge in [-0.2, -0.15) is 0 Å². The zero-order valence-electron chi connectivity index (χ0n) is 50.5. The number of carbonyl (C=O) groups excluding carboxylic acids is 4. The Hall–Kier alpha value is -1.94. The second-order valence-electron chi connectivity index (χ2n) is 22.2. The Morgan fingerprint density at radius 1 is 0.342 bits per heavy atom. The minimum absolute atomic E-state index is 0.103. The molecular formula is C60H116O17P2. The summed E-state index contributed by atoms with van der Waals surface area (Å²) >= 11 is 0. The Labute approximate surface area is 479 Å². The van der Waals surface area contributed by atoms with Crippen molar-refractivity contribution in [3.63, 3.8) is 0 Å². The van der Waals surface area contributed by atoms with E-state index in [0.717, 1.165) is 121 Å². The van der Waals surface area contributed by atoms with E-state index in [-0.39, 0.29) is 25.7 Å². The third kappa shape index (κ3) is 55.0. The molecule has 0 amide bonds. The van der Waals surface area contributed by atoms with Crippen molar-refractivity contribution in [3.05, 3.63) is 0 Å². The molecule has 79 heavy (non-hydrogen) atoms. The number of hydrogen-bond acceptors (Lipinski definition) is 15. The molecule has 0 aliphatic heterocycles. The molecule has 0 saturated heterocycles. The molecule has 468 valence electrons. The molecule has 0 heterocycles. The van der Waals surface area contributed by atoms with E-state index in [9.17, 15) is 43.2 Å². The van der Waals surface area contributed by atoms with Crippen LogP contribution in [0.5, 0.6) is 0 Å². The number of hydrogen-bond donors (Lipinski definition) is 3. The molecule has 0 saturated carbocycles. The zero-order valence-corrected chi connectivity index (χ0v) is 52.3. The van der Waals surface area contributed by atoms with Crippen LogP contribution < -0.4 is 0 Å². The first-order valence-corrected chi connectivity index (χ1v) is 34.6. The lowest BCUT2D eigenvalue weighted by Crippen LogP contribution is -2.30. The highest BCUT2D eigenvalue weighted by atomic mass is 31.2. The summed E-state index contributed by atoms with van der Waals surface area (Å²) < 4.78 is 67.6. The third-order valence-electron chi connectivity index (χ3n) is 13.8. The Morgan fingerprint density at radius 2 is 0.582 bits per heavy atom. The SMILES string of the molecule is CCCCCCCCCCCCCC(=O)OC[C@H](COP(=O)(O)OC[C@@H](O)COP(=O)(O)OC[C@@H](COC(=O)CCCCCCCCC)OC(=O)CCCCCCCCC)OC(=O)CCCCCCCCCCCCCC(C)C. The predicted molar refractivity (Wildman–Crippen MR) is 312 cm³/mol. The summed E-state index contributed by atoms with van der Waals surface area (Å²) in [5.41, 5.74) is 0. The first-order valence-electron chi connectivity index (χ1n) is 31.6. The maximum atomic E-state index is 12.9. The van der Waals surface area contributed by atoms with Gasteiger partial charge in [-0.25, -0.2) is 9.13 Å². The van der Waals surface area contributed by atoms with E-state index in [2.05, 4.69) is 34.6 Å². The smallest absolute Gasteiger partial charge is 0.462 e. The number of aliphatic hydroxyl groups is 1. The molecule has 0 aliphatic carbocycles. The summed E-state index contributed by atoms with van der Waals surface area (Å²) in [6.07, 6.45) is 36.4. The van der Waals surface area contributed by atoms with Crippen molar-refractivity contribution >= 4 is 39.5 Å². The van der Waals surface area contributed by atoms with Gasteiger partial charge in [0, 0.05) is 25.7 Å². The summed E-state index contributed by atoms with van der Waals surface area (Å²) in [7, 11) is -9.87. The molecule has 2 unspecified atom stereocenters. The third-order valence-corrected chi connectivity index (χ3v) is 15.7. The molecule has 17 nitrogen and oxygen atoms in total. The second kappa shape index (κ2) is 54.0. The number of aliphatic hydroxyl groups excluding tert-OH is 1. The molecule has 0 bridgehead atoms. The van der Waals surface area contributed by atoms with E-state index in [0.29, 0.717) is 25.7 Å². The van der Waals surface area contributed by atoms with Crippen molar-refractivity contribution in [3.8, 4) is 0 Å². The number of ether oxygens (including phenoxy) is 4. The van der Waals surface area contributed by atoms with Crippen LogP contribution in [0.1, 0.15) is 298 Å². The fourth-order valence-electron chi connectivity index (χ4n) is 8.88. The molecule has 19 heteroatoms. The molecule has 5 atom stereocenters. The van der Waals surface area contributed by atoms with Crippen molar-refractivity contribution in [1.82, 2.24) is 0 Å². The van der Waals surface area contributed by atoms with Crippen LogP contribution in [0.3, 0.4) is 0 Å². The number of phosphoric acid groups is 2. The lowest BCUT2D eigenvalue weighted by Gasteiger charge is -2.21. The highest BCUT2D eigenvalue weighted by Crippen LogP contribution is 2.45. The summed E-state index contributed by atoms with van der Waals surface area (Å²) in [4.78, 5) is 71.8. The first-order chi connectivity index (χ1) is 38.0. The standard InChI is InChI=1S/C60H116O17P2/c1-6-9-12-15-18-19-21-25-30-34-39-44-58(63)71-50-56(77-60(65)46-41-36-31-26-23-20-22-24-29-32-37-42-53(4)5)52-75-79(68,69)73-48-54(61)47-72-78(66,67)74-51-55(76-59(64)45-40-35-28-17-14-11-8-3)49-70-57(62)43-38-33-27-16-13-10-7-2/h53-56,61H,6-52H2,1-5H3,(H,66,67)(H,68,69)/t54-,55+,56+/m0/s1. The van der Waals surface area contributed by atoms with Crippen molar-refractivity contribution in [2.45, 2.75) is 316 Å². The van der Waals surface area contributed by atoms with Crippen LogP contribution in [0.4, 0.5) is 0 Å². The number of rotatable bonds is 60. The van der Waals surface area contributed by atoms with Gasteiger partial charge in [-0.05, 0) is 31.6 Å². The summed E-state index contributed by atoms with van der Waals surface area (Å²) in [6.45, 7) is 7.08. The normalized spacial score (nSPS) is 14.3. The molecule has 0 aromatic rings. The topological polar surface area (TPSA) is 237 Å². The maximum Gasteiger partial charge on any atom is 0.472 e. The van der Waals surface area contributed by atoms with Gasteiger partial charge in [-0.1, -0.05) is 247 Å². The fourth-order valence-corrected chi connectivity index (χ4v) is 10.5. The van der Waals surface area contributed by atoms with E-state index in [1.807, 2.05) is 0 Å². The number of unbranched alkanes of at least 4 members (excludes halogenated alkanes) is 32. The Kier molecular flexibility index (Phi) is 52.7. The van der Waals surface area contributed by atoms with Crippen molar-refractivity contribution < 1.29 is 80.2 Å². The van der Waals surface area contributed by atoms with E-state index in [4.69, 9.17) is 37.0 Å². The average molecular weight is 1170 g/mol. The van der Waals surface area contributed by atoms with E-state index in [1.165, 1.54) is 96.3 Å². The largest absolute Gasteiger partial charge is 0.472 e. The van der Waals surface area contributed by atoms with Gasteiger partial charge in [0.25, 0.3) is 0 Å². The highest BCUT2D eigenvalue weighted by molar-refractivity contribution is 7.47. The molecule has 0 aromatic carbocycles. The quantitative estimate of drug-likeness (QED) is 0.0222. The lowest BCUT2D eigenvalue weighted by atomic mass is 10.0. The minimum Gasteiger partial charge on any atom is -0.462 e. The van der Waals surface area contributed by atoms with Gasteiger partial charge < -0.3 is 33.8 Å². The van der Waals surface area contributed by atoms with E-state index >= 15 is 0 Å². The summed E-state index contributed by atoms with van der Waals surface area (Å²) in [5, 5.41) is 10.5. The molecular weight excluding hydrogens is 1050 g/mol. The maximum absolute atomic E-state index is 12.9. The minimum atomic E-state index is -4.94. The van der Waals surface area contributed by atoms with Crippen LogP contribution in [-0.2, 0) is 65.4 Å². The zero-order chi connectivity index (χ0) is 58.5. The van der Waals surface area contributed by atoms with Gasteiger partial charge in [0.2, 0.25) is 0 Å². The molecule has 0 spiro atoms. The summed E-state index contributed by atoms with van der Waals surface area (Å²) in [6, 6.07) is 0. The van der Waals surface area contributed by atoms with Gasteiger partial charge in [-0.15, -0.1) is 0 Å². The number of phosphoric ester groups is 2. The Morgan fingerprint density at radius 3 is 0.861 bits per heavy atom. The van der Waals surface area contributed by atoms with Gasteiger partial charge in [0.15, 0.2) is 12.2 Å². The van der Waals surface area contributed by atoms with Crippen LogP contribution in [0.15, 0.2) is 0 Å². The van der Waals surface area contributed by atoms with Crippen molar-refractivity contribution in [1.29, 1.82) is 0 Å². The summed E-state index contributed by atoms with van der Waals surface area (Å²) in [5.74, 6) is -1.38. The Balaban J connectivity index is 5.19. The number of carbonyl (C=O) groups is 4. The Bertz CT molecular complexity index is 1550. The first kappa shape index (κ1) is 77.1. The van der Waals surface area contributed by atoms with Crippen LogP contribution in [0.2, 0.25) is 0 Å². The van der Waals surface area contributed by atoms with Crippen molar-refractivity contribution in [2.75, 3.05) is 39.6 Å². The van der Waals surface area contributed by atoms with Crippen LogP contribution in [-0.4, -0.2) is 96.7 Å². The van der Waals surface area contributed by atoms with Crippen LogP contribution in [0.25, 0.3) is 0 Å². The molecule has 0 fully saturated rings. The van der Waals surface area contributed by atoms with E-state index in [1.54, 1.807) is 0 Å². The molecule has 0 aliphatic rings. The molecule has 0 rings (SSSR count).